The highest BCUT2D eigenvalue weighted by Gasteiger charge is 2.64. The number of ketones is 2. The summed E-state index contributed by atoms with van der Waals surface area (Å²) in [5.41, 5.74) is 3.51. The Balaban J connectivity index is 1.70. The third-order valence-electron chi connectivity index (χ3n) is 8.28. The minimum absolute atomic E-state index is 0.0842. The summed E-state index contributed by atoms with van der Waals surface area (Å²) in [4.78, 5) is 42.8. The highest BCUT2D eigenvalue weighted by molar-refractivity contribution is 6.24. The van der Waals surface area contributed by atoms with Crippen LogP contribution in [0.3, 0.4) is 0 Å². The maximum absolute atomic E-state index is 13.9. The fourth-order valence-electron chi connectivity index (χ4n) is 6.66. The van der Waals surface area contributed by atoms with Gasteiger partial charge in [-0.15, -0.1) is 0 Å². The van der Waals surface area contributed by atoms with Crippen molar-refractivity contribution in [2.24, 2.45) is 17.6 Å². The number of Topliss-reactive ketones (excluding diaryl/α,β-unsaturated/α-hetero) is 2. The summed E-state index contributed by atoms with van der Waals surface area (Å²) in [5.74, 6) is -6.38. The third kappa shape index (κ3) is 3.20. The first-order chi connectivity index (χ1) is 17.0. The molecule has 1 amide bonds. The van der Waals surface area contributed by atoms with E-state index in [1.165, 1.54) is 11.0 Å². The Labute approximate surface area is 208 Å². The molecule has 0 aromatic heterocycles. The zero-order valence-electron chi connectivity index (χ0n) is 20.3. The molecule has 192 valence electrons. The fourth-order valence-corrected chi connectivity index (χ4v) is 6.66. The number of anilines is 1. The van der Waals surface area contributed by atoms with Gasteiger partial charge in [0.25, 0.3) is 5.91 Å². The molecule has 5 rings (SSSR count). The first-order valence-corrected chi connectivity index (χ1v) is 12.2. The van der Waals surface area contributed by atoms with Gasteiger partial charge < -0.3 is 31.1 Å². The minimum Gasteiger partial charge on any atom is -0.508 e. The molecule has 1 aliphatic heterocycles. The Morgan fingerprint density at radius 3 is 2.39 bits per heavy atom. The summed E-state index contributed by atoms with van der Waals surface area (Å²) in [6, 6.07) is 2.21. The molecule has 10 heteroatoms. The lowest BCUT2D eigenvalue weighted by Crippen LogP contribution is -2.65. The molecule has 4 aliphatic rings. The van der Waals surface area contributed by atoms with Crippen molar-refractivity contribution in [2.45, 2.75) is 43.7 Å². The number of aromatic hydroxyl groups is 1. The van der Waals surface area contributed by atoms with Crippen LogP contribution in [0.5, 0.6) is 5.75 Å². The summed E-state index contributed by atoms with van der Waals surface area (Å²) < 4.78 is 0. The van der Waals surface area contributed by atoms with Gasteiger partial charge in [0.15, 0.2) is 11.4 Å². The number of aliphatic hydroxyl groups excluding tert-OH is 2. The lowest BCUT2D eigenvalue weighted by Gasteiger charge is -2.50. The van der Waals surface area contributed by atoms with Gasteiger partial charge in [0.05, 0.1) is 11.6 Å². The molecule has 0 radical (unpaired) electrons. The Morgan fingerprint density at radius 2 is 1.78 bits per heavy atom. The van der Waals surface area contributed by atoms with Gasteiger partial charge in [0.2, 0.25) is 5.78 Å². The predicted molar refractivity (Wildman–Crippen MR) is 130 cm³/mol. The van der Waals surface area contributed by atoms with Gasteiger partial charge in [-0.2, -0.15) is 0 Å². The van der Waals surface area contributed by atoms with Crippen LogP contribution in [0.1, 0.15) is 36.8 Å². The summed E-state index contributed by atoms with van der Waals surface area (Å²) in [5, 5.41) is 44.5. The molecule has 1 aromatic carbocycles. The number of benzene rings is 1. The van der Waals surface area contributed by atoms with Crippen molar-refractivity contribution in [2.75, 3.05) is 32.1 Å². The zero-order chi connectivity index (χ0) is 26.1. The molecule has 3 aliphatic carbocycles. The van der Waals surface area contributed by atoms with E-state index in [9.17, 15) is 34.8 Å². The van der Waals surface area contributed by atoms with Crippen molar-refractivity contribution in [1.82, 2.24) is 4.90 Å². The number of amides is 1. The number of carbonyl (C=O) groups excluding carboxylic acids is 3. The lowest BCUT2D eigenvalue weighted by molar-refractivity contribution is -0.153. The number of nitrogens with two attached hydrogens (primary N) is 1. The Morgan fingerprint density at radius 1 is 1.11 bits per heavy atom. The Bertz CT molecular complexity index is 1240. The first-order valence-electron chi connectivity index (χ1n) is 12.2. The second-order valence-electron chi connectivity index (χ2n) is 10.5. The molecule has 1 aromatic rings. The second-order valence-corrected chi connectivity index (χ2v) is 10.5. The molecule has 36 heavy (non-hydrogen) atoms. The first kappa shape index (κ1) is 24.3. The normalized spacial score (nSPS) is 30.3. The number of phenols is 1. The monoisotopic (exact) mass is 497 g/mol. The van der Waals surface area contributed by atoms with Crippen molar-refractivity contribution in [3.05, 3.63) is 40.2 Å². The fraction of sp³-hybridized carbons (Fsp3) is 0.500. The van der Waals surface area contributed by atoms with Gasteiger partial charge in [-0.25, -0.2) is 0 Å². The Kier molecular flexibility index (Phi) is 5.64. The van der Waals surface area contributed by atoms with Crippen LogP contribution in [0.4, 0.5) is 5.69 Å². The van der Waals surface area contributed by atoms with Crippen molar-refractivity contribution in [1.29, 1.82) is 0 Å². The highest BCUT2D eigenvalue weighted by atomic mass is 16.3. The number of aliphatic hydroxyl groups is 3. The average Bonchev–Trinajstić information content (AvgIpc) is 2.81. The van der Waals surface area contributed by atoms with E-state index in [-0.39, 0.29) is 23.3 Å². The van der Waals surface area contributed by atoms with Crippen molar-refractivity contribution >= 4 is 28.9 Å². The third-order valence-corrected chi connectivity index (χ3v) is 8.28. The van der Waals surface area contributed by atoms with E-state index >= 15 is 0 Å². The summed E-state index contributed by atoms with van der Waals surface area (Å²) in [7, 11) is 3.17. The van der Waals surface area contributed by atoms with Crippen molar-refractivity contribution in [3.8, 4) is 5.75 Å². The largest absolute Gasteiger partial charge is 0.508 e. The van der Waals surface area contributed by atoms with Gasteiger partial charge in [-0.3, -0.25) is 19.3 Å². The molecular formula is C26H31N3O7. The van der Waals surface area contributed by atoms with Crippen molar-refractivity contribution < 1.29 is 34.8 Å². The quantitative estimate of drug-likeness (QED) is 0.382. The minimum atomic E-state index is -2.62. The number of piperidine rings is 1. The molecule has 10 nitrogen and oxygen atoms in total. The molecule has 1 heterocycles. The smallest absolute Gasteiger partial charge is 0.255 e. The van der Waals surface area contributed by atoms with E-state index in [1.807, 2.05) is 6.07 Å². The number of fused-ring (bicyclic) bond motifs is 3. The molecule has 2 fully saturated rings. The van der Waals surface area contributed by atoms with E-state index in [0.29, 0.717) is 12.0 Å². The second kappa shape index (κ2) is 8.35. The number of hydrogen-bond acceptors (Lipinski definition) is 9. The van der Waals surface area contributed by atoms with E-state index in [2.05, 4.69) is 4.90 Å². The standard InChI is InChI=1S/C26H31N3O7/c1-28(2)20-14-11-12-10-13-15(29-8-4-3-5-9-29)6-7-16(30)18(13)21(31)17(12)23(33)26(14,36)24(34)19(22(20)32)25(27)35/h6-7,12,14,20,30-31,34,36H,3-5,8-11H2,1-2H3,(H2,27,35)/t12?,14?,20-,26-/m0/s1. The number of rotatable bonds is 3. The summed E-state index contributed by atoms with van der Waals surface area (Å²) in [6.07, 6.45) is 3.57. The summed E-state index contributed by atoms with van der Waals surface area (Å²) >= 11 is 0. The van der Waals surface area contributed by atoms with Gasteiger partial charge >= 0.3 is 0 Å². The molecular weight excluding hydrogens is 466 g/mol. The van der Waals surface area contributed by atoms with Crippen LogP contribution in [-0.2, 0) is 20.8 Å². The number of hydrogen-bond donors (Lipinski definition) is 5. The van der Waals surface area contributed by atoms with Crippen LogP contribution in [0.2, 0.25) is 0 Å². The van der Waals surface area contributed by atoms with Crippen LogP contribution in [0.25, 0.3) is 5.76 Å². The number of carbonyl (C=O) groups is 3. The predicted octanol–water partition coefficient (Wildman–Crippen LogP) is 0.954. The molecule has 0 spiro atoms. The summed E-state index contributed by atoms with van der Waals surface area (Å²) in [6.45, 7) is 1.68. The molecule has 1 saturated carbocycles. The number of likely N-dealkylation sites (N-methyl/N-ethyl adjacent to an activating group) is 1. The SMILES string of the molecule is CN(C)[C@@H]1C(=O)C(C(N)=O)=C(O)[C@@]2(O)C(=O)C3=C(O)c4c(O)ccc(N5CCCCC5)c4CC3CC12. The molecule has 6 N–H and O–H groups in total. The van der Waals surface area contributed by atoms with Crippen LogP contribution >= 0.6 is 0 Å². The topological polar surface area (TPSA) is 165 Å². The van der Waals surface area contributed by atoms with E-state index in [1.54, 1.807) is 14.1 Å². The van der Waals surface area contributed by atoms with E-state index in [4.69, 9.17) is 5.73 Å². The van der Waals surface area contributed by atoms with Gasteiger partial charge in [0.1, 0.15) is 22.8 Å². The van der Waals surface area contributed by atoms with Crippen LogP contribution in [0.15, 0.2) is 29.0 Å². The highest BCUT2D eigenvalue weighted by Crippen LogP contribution is 2.53. The molecule has 2 unspecified atom stereocenters. The van der Waals surface area contributed by atoms with Gasteiger partial charge in [0, 0.05) is 30.3 Å². The van der Waals surface area contributed by atoms with Crippen molar-refractivity contribution in [3.63, 3.8) is 0 Å². The number of phenolic OH excluding ortho intramolecular Hbond substituents is 1. The molecule has 0 bridgehead atoms. The van der Waals surface area contributed by atoms with Gasteiger partial charge in [-0.1, -0.05) is 0 Å². The lowest BCUT2D eigenvalue weighted by atomic mass is 9.57. The van der Waals surface area contributed by atoms with E-state index < -0.39 is 58.0 Å². The Hall–Kier alpha value is -3.37. The van der Waals surface area contributed by atoms with Gasteiger partial charge in [-0.05, 0) is 69.8 Å². The van der Waals surface area contributed by atoms with E-state index in [0.717, 1.165) is 38.0 Å². The van der Waals surface area contributed by atoms with Crippen LogP contribution in [0, 0.1) is 11.8 Å². The maximum Gasteiger partial charge on any atom is 0.255 e. The van der Waals surface area contributed by atoms with Crippen LogP contribution in [-0.4, -0.2) is 81.6 Å². The van der Waals surface area contributed by atoms with Crippen LogP contribution < -0.4 is 10.6 Å². The average molecular weight is 498 g/mol. The maximum atomic E-state index is 13.9. The number of nitrogens with zero attached hydrogens (tertiary/aromatic N) is 2. The molecule has 1 saturated heterocycles. The molecule has 4 atom stereocenters. The zero-order valence-corrected chi connectivity index (χ0v) is 20.3. The number of primary amides is 1.